The minimum atomic E-state index is 0.164. The maximum atomic E-state index is 13.0. The molecule has 2 heterocycles. The van der Waals surface area contributed by atoms with Crippen LogP contribution in [0.2, 0.25) is 0 Å². The topological polar surface area (TPSA) is 67.2 Å². The predicted octanol–water partition coefficient (Wildman–Crippen LogP) is 3.81. The lowest BCUT2D eigenvalue weighted by molar-refractivity contribution is -0.130. The van der Waals surface area contributed by atoms with Gasteiger partial charge in [0.2, 0.25) is 11.1 Å². The molecular formula is C25H30N6OS. The van der Waals surface area contributed by atoms with Gasteiger partial charge in [0.15, 0.2) is 0 Å². The highest BCUT2D eigenvalue weighted by atomic mass is 32.2. The van der Waals surface area contributed by atoms with Crippen molar-refractivity contribution in [3.63, 3.8) is 0 Å². The van der Waals surface area contributed by atoms with E-state index in [1.807, 2.05) is 9.58 Å². The lowest BCUT2D eigenvalue weighted by Gasteiger charge is -2.39. The van der Waals surface area contributed by atoms with Crippen molar-refractivity contribution in [2.45, 2.75) is 42.9 Å². The number of piperazine rings is 1. The first-order valence-corrected chi connectivity index (χ1v) is 12.8. The van der Waals surface area contributed by atoms with Crippen LogP contribution in [0.1, 0.15) is 48.9 Å². The lowest BCUT2D eigenvalue weighted by Crippen LogP contribution is -2.50. The Morgan fingerprint density at radius 3 is 2.12 bits per heavy atom. The molecule has 0 unspecified atom stereocenters. The van der Waals surface area contributed by atoms with Crippen LogP contribution in [-0.4, -0.2) is 67.8 Å². The molecule has 3 aromatic rings. The predicted molar refractivity (Wildman–Crippen MR) is 129 cm³/mol. The van der Waals surface area contributed by atoms with Crippen molar-refractivity contribution >= 4 is 17.7 Å². The number of benzene rings is 2. The highest BCUT2D eigenvalue weighted by molar-refractivity contribution is 7.99. The molecule has 2 aliphatic rings. The summed E-state index contributed by atoms with van der Waals surface area (Å²) in [4.78, 5) is 17.4. The van der Waals surface area contributed by atoms with Crippen molar-refractivity contribution in [1.29, 1.82) is 0 Å². The van der Waals surface area contributed by atoms with Gasteiger partial charge in [0.25, 0.3) is 0 Å². The molecule has 2 aromatic carbocycles. The van der Waals surface area contributed by atoms with Crippen LogP contribution in [-0.2, 0) is 4.79 Å². The molecule has 2 fully saturated rings. The van der Waals surface area contributed by atoms with Gasteiger partial charge in [-0.25, -0.2) is 4.68 Å². The molecule has 172 valence electrons. The SMILES string of the molecule is O=C(CSc1nnnn1C1CCCC1)N1CCN(C(c2ccccc2)c2ccccc2)CC1. The number of hydrogen-bond donors (Lipinski definition) is 0. The van der Waals surface area contributed by atoms with Crippen molar-refractivity contribution < 1.29 is 4.79 Å². The van der Waals surface area contributed by atoms with Crippen LogP contribution in [0, 0.1) is 0 Å². The fourth-order valence-electron chi connectivity index (χ4n) is 4.99. The van der Waals surface area contributed by atoms with E-state index < -0.39 is 0 Å². The first-order chi connectivity index (χ1) is 16.3. The van der Waals surface area contributed by atoms with E-state index in [1.165, 1.54) is 35.7 Å². The molecule has 5 rings (SSSR count). The molecule has 1 aliphatic heterocycles. The van der Waals surface area contributed by atoms with E-state index in [0.29, 0.717) is 11.8 Å². The highest BCUT2D eigenvalue weighted by Gasteiger charge is 2.29. The molecule has 1 saturated carbocycles. The second-order valence-corrected chi connectivity index (χ2v) is 9.72. The van der Waals surface area contributed by atoms with Gasteiger partial charge in [0.05, 0.1) is 17.8 Å². The summed E-state index contributed by atoms with van der Waals surface area (Å²) in [6.07, 6.45) is 4.70. The van der Waals surface area contributed by atoms with E-state index >= 15 is 0 Å². The molecule has 0 atom stereocenters. The van der Waals surface area contributed by atoms with Crippen LogP contribution in [0.15, 0.2) is 65.8 Å². The molecule has 1 aromatic heterocycles. The summed E-state index contributed by atoms with van der Waals surface area (Å²) in [7, 11) is 0. The van der Waals surface area contributed by atoms with Gasteiger partial charge in [-0.15, -0.1) is 5.10 Å². The number of nitrogens with zero attached hydrogens (tertiary/aromatic N) is 6. The van der Waals surface area contributed by atoms with Crippen molar-refractivity contribution in [2.75, 3.05) is 31.9 Å². The third kappa shape index (κ3) is 5.12. The molecule has 33 heavy (non-hydrogen) atoms. The first-order valence-electron chi connectivity index (χ1n) is 11.8. The van der Waals surface area contributed by atoms with Crippen LogP contribution in [0.25, 0.3) is 0 Å². The van der Waals surface area contributed by atoms with Crippen molar-refractivity contribution in [3.05, 3.63) is 71.8 Å². The van der Waals surface area contributed by atoms with E-state index in [1.54, 1.807) is 0 Å². The van der Waals surface area contributed by atoms with Gasteiger partial charge in [0, 0.05) is 26.2 Å². The average Bonchev–Trinajstić information content (AvgIpc) is 3.56. The third-order valence-electron chi connectivity index (χ3n) is 6.72. The summed E-state index contributed by atoms with van der Waals surface area (Å²) in [5, 5.41) is 13.0. The lowest BCUT2D eigenvalue weighted by atomic mass is 9.96. The number of carbonyl (C=O) groups excluding carboxylic acids is 1. The second kappa shape index (κ2) is 10.5. The van der Waals surface area contributed by atoms with Gasteiger partial charge in [-0.1, -0.05) is 85.3 Å². The van der Waals surface area contributed by atoms with E-state index in [0.717, 1.165) is 44.2 Å². The quantitative estimate of drug-likeness (QED) is 0.498. The fraction of sp³-hybridized carbons (Fsp3) is 0.440. The Morgan fingerprint density at radius 1 is 0.909 bits per heavy atom. The number of thioether (sulfide) groups is 1. The maximum absolute atomic E-state index is 13.0. The molecule has 0 spiro atoms. The summed E-state index contributed by atoms with van der Waals surface area (Å²) in [5.74, 6) is 0.546. The molecule has 7 nitrogen and oxygen atoms in total. The zero-order chi connectivity index (χ0) is 22.5. The molecule has 1 amide bonds. The Morgan fingerprint density at radius 2 is 1.52 bits per heavy atom. The normalized spacial score (nSPS) is 17.7. The van der Waals surface area contributed by atoms with Gasteiger partial charge in [-0.2, -0.15) is 0 Å². The Kier molecular flexibility index (Phi) is 7.02. The summed E-state index contributed by atoms with van der Waals surface area (Å²) in [5.41, 5.74) is 2.58. The maximum Gasteiger partial charge on any atom is 0.233 e. The standard InChI is InChI=1S/C25H30N6OS/c32-23(19-33-25-26-27-28-31(25)22-13-7-8-14-22)29-15-17-30(18-16-29)24(20-9-3-1-4-10-20)21-11-5-2-6-12-21/h1-6,9-12,22,24H,7-8,13-19H2. The molecular weight excluding hydrogens is 432 g/mol. The van der Waals surface area contributed by atoms with Crippen molar-refractivity contribution in [3.8, 4) is 0 Å². The number of tetrazole rings is 1. The first kappa shape index (κ1) is 22.1. The zero-order valence-electron chi connectivity index (χ0n) is 18.8. The number of rotatable bonds is 7. The van der Waals surface area contributed by atoms with Gasteiger partial charge in [0.1, 0.15) is 0 Å². The third-order valence-corrected chi connectivity index (χ3v) is 7.64. The van der Waals surface area contributed by atoms with Gasteiger partial charge in [-0.3, -0.25) is 9.69 Å². The van der Waals surface area contributed by atoms with Crippen molar-refractivity contribution in [1.82, 2.24) is 30.0 Å². The van der Waals surface area contributed by atoms with E-state index in [2.05, 4.69) is 81.1 Å². The minimum absolute atomic E-state index is 0.164. The smallest absolute Gasteiger partial charge is 0.233 e. The number of hydrogen-bond acceptors (Lipinski definition) is 6. The zero-order valence-corrected chi connectivity index (χ0v) is 19.6. The monoisotopic (exact) mass is 462 g/mol. The molecule has 1 saturated heterocycles. The minimum Gasteiger partial charge on any atom is -0.339 e. The number of amides is 1. The van der Waals surface area contributed by atoms with Crippen LogP contribution in [0.3, 0.4) is 0 Å². The summed E-state index contributed by atoms with van der Waals surface area (Å²) < 4.78 is 1.92. The Bertz CT molecular complexity index is 990. The van der Waals surface area contributed by atoms with Crippen LogP contribution in [0.4, 0.5) is 0 Å². The summed E-state index contributed by atoms with van der Waals surface area (Å²) >= 11 is 1.47. The van der Waals surface area contributed by atoms with Gasteiger partial charge < -0.3 is 4.90 Å². The second-order valence-electron chi connectivity index (χ2n) is 8.77. The fourth-order valence-corrected chi connectivity index (χ4v) is 5.84. The number of carbonyl (C=O) groups is 1. The highest BCUT2D eigenvalue weighted by Crippen LogP contribution is 2.32. The molecule has 0 N–H and O–H groups in total. The van der Waals surface area contributed by atoms with Gasteiger partial charge in [-0.05, 0) is 34.4 Å². The summed E-state index contributed by atoms with van der Waals surface area (Å²) in [6, 6.07) is 21.9. The molecule has 1 aliphatic carbocycles. The van der Waals surface area contributed by atoms with Crippen LogP contribution in [0.5, 0.6) is 0 Å². The molecule has 8 heteroatoms. The van der Waals surface area contributed by atoms with Crippen LogP contribution < -0.4 is 0 Å². The Balaban J connectivity index is 1.20. The molecule has 0 bridgehead atoms. The number of aromatic nitrogens is 4. The molecule has 0 radical (unpaired) electrons. The van der Waals surface area contributed by atoms with E-state index in [4.69, 9.17) is 0 Å². The average molecular weight is 463 g/mol. The summed E-state index contributed by atoms with van der Waals surface area (Å²) in [6.45, 7) is 3.18. The van der Waals surface area contributed by atoms with E-state index in [9.17, 15) is 4.79 Å². The Hall–Kier alpha value is -2.71. The van der Waals surface area contributed by atoms with Crippen molar-refractivity contribution in [2.24, 2.45) is 0 Å². The Labute approximate surface area is 199 Å². The largest absolute Gasteiger partial charge is 0.339 e. The van der Waals surface area contributed by atoms with E-state index in [-0.39, 0.29) is 11.9 Å². The van der Waals surface area contributed by atoms with Gasteiger partial charge >= 0.3 is 0 Å². The van der Waals surface area contributed by atoms with Crippen LogP contribution >= 0.6 is 11.8 Å².